The molecule has 37 heavy (non-hydrogen) atoms. The monoisotopic (exact) mass is 496 g/mol. The van der Waals surface area contributed by atoms with E-state index in [0.717, 1.165) is 23.2 Å². The molecule has 188 valence electrons. The van der Waals surface area contributed by atoms with Crippen molar-refractivity contribution in [1.82, 2.24) is 0 Å². The Morgan fingerprint density at radius 1 is 0.919 bits per heavy atom. The Morgan fingerprint density at radius 2 is 1.62 bits per heavy atom. The molecule has 7 atom stereocenters. The number of aryl methyl sites for hydroxylation is 2. The molecular formula is C30H28N2O5. The smallest absolute Gasteiger partial charge is 0.316 e. The molecule has 7 heteroatoms. The van der Waals surface area contributed by atoms with E-state index in [-0.39, 0.29) is 60.1 Å². The summed E-state index contributed by atoms with van der Waals surface area (Å²) >= 11 is 0. The highest BCUT2D eigenvalue weighted by Crippen LogP contribution is 2.65. The predicted molar refractivity (Wildman–Crippen MR) is 136 cm³/mol. The lowest BCUT2D eigenvalue weighted by molar-refractivity contribution is -0.139. The van der Waals surface area contributed by atoms with Crippen molar-refractivity contribution in [3.8, 4) is 5.75 Å². The number of anilines is 2. The topological polar surface area (TPSA) is 84.0 Å². The Hall–Kier alpha value is -3.74. The molecule has 2 bridgehead atoms. The molecule has 2 heterocycles. The van der Waals surface area contributed by atoms with E-state index in [1.54, 1.807) is 29.2 Å². The van der Waals surface area contributed by atoms with Crippen LogP contribution < -0.4 is 14.5 Å². The van der Waals surface area contributed by atoms with Gasteiger partial charge in [-0.2, -0.15) is 0 Å². The van der Waals surface area contributed by atoms with Gasteiger partial charge in [-0.1, -0.05) is 35.9 Å². The molecule has 2 aromatic carbocycles. The molecule has 6 aliphatic rings. The van der Waals surface area contributed by atoms with Crippen LogP contribution in [0.4, 0.5) is 11.4 Å². The summed E-state index contributed by atoms with van der Waals surface area (Å²) < 4.78 is 5.67. The number of amides is 3. The van der Waals surface area contributed by atoms with Gasteiger partial charge in [-0.05, 0) is 67.7 Å². The highest BCUT2D eigenvalue weighted by atomic mass is 16.5. The van der Waals surface area contributed by atoms with Crippen LogP contribution >= 0.6 is 0 Å². The van der Waals surface area contributed by atoms with Crippen LogP contribution in [0.25, 0.3) is 0 Å². The van der Waals surface area contributed by atoms with Gasteiger partial charge >= 0.3 is 5.97 Å². The average Bonchev–Trinajstić information content (AvgIpc) is 3.55. The minimum absolute atomic E-state index is 0.0798. The number of allylic oxidation sites excluding steroid dienone is 2. The minimum Gasteiger partial charge on any atom is -0.426 e. The molecule has 3 amide bonds. The van der Waals surface area contributed by atoms with Crippen LogP contribution in [0.2, 0.25) is 0 Å². The zero-order valence-electron chi connectivity index (χ0n) is 20.8. The summed E-state index contributed by atoms with van der Waals surface area (Å²) in [5.74, 6) is -0.394. The van der Waals surface area contributed by atoms with E-state index >= 15 is 0 Å². The molecule has 4 fully saturated rings. The van der Waals surface area contributed by atoms with Crippen LogP contribution in [-0.4, -0.2) is 30.2 Å². The van der Waals surface area contributed by atoms with E-state index in [4.69, 9.17) is 4.74 Å². The molecule has 2 saturated carbocycles. The largest absolute Gasteiger partial charge is 0.426 e. The number of rotatable bonds is 4. The lowest BCUT2D eigenvalue weighted by Gasteiger charge is -2.37. The first-order chi connectivity index (χ1) is 17.8. The maximum Gasteiger partial charge on any atom is 0.316 e. The van der Waals surface area contributed by atoms with Gasteiger partial charge in [-0.15, -0.1) is 0 Å². The van der Waals surface area contributed by atoms with Gasteiger partial charge in [-0.3, -0.25) is 19.2 Å². The number of nitrogens with zero attached hydrogens (tertiary/aromatic N) is 2. The van der Waals surface area contributed by atoms with Crippen LogP contribution in [0.15, 0.2) is 54.6 Å². The number of hydrogen-bond acceptors (Lipinski definition) is 5. The Bertz CT molecular complexity index is 1380. The Labute approximate surface area is 215 Å². The SMILES string of the molecule is Cc1ccc(N2C[C@H](C(=O)Oc3cccc(N4C(=O)[C@@H]5[C@H]6C=C[C@@H]([C@@H]7C[C@@H]67)[C@H]5C4=O)c3)CC2=O)c(C)c1. The van der Waals surface area contributed by atoms with Crippen molar-refractivity contribution >= 4 is 35.1 Å². The summed E-state index contributed by atoms with van der Waals surface area (Å²) in [6, 6.07) is 12.5. The highest BCUT2D eigenvalue weighted by molar-refractivity contribution is 6.22. The van der Waals surface area contributed by atoms with Crippen LogP contribution in [-0.2, 0) is 19.2 Å². The third kappa shape index (κ3) is 3.32. The van der Waals surface area contributed by atoms with Crippen molar-refractivity contribution in [2.75, 3.05) is 16.3 Å². The van der Waals surface area contributed by atoms with Gasteiger partial charge in [0.1, 0.15) is 5.75 Å². The van der Waals surface area contributed by atoms with Crippen molar-refractivity contribution in [2.24, 2.45) is 41.4 Å². The van der Waals surface area contributed by atoms with E-state index in [1.165, 1.54) is 4.90 Å². The van der Waals surface area contributed by atoms with Gasteiger partial charge in [0, 0.05) is 24.7 Å². The molecule has 7 nitrogen and oxygen atoms in total. The zero-order chi connectivity index (χ0) is 25.6. The molecule has 0 unspecified atom stereocenters. The molecule has 4 aliphatic carbocycles. The van der Waals surface area contributed by atoms with E-state index < -0.39 is 11.9 Å². The van der Waals surface area contributed by atoms with Crippen LogP contribution in [0.1, 0.15) is 24.0 Å². The summed E-state index contributed by atoms with van der Waals surface area (Å²) in [6.45, 7) is 4.21. The van der Waals surface area contributed by atoms with Crippen molar-refractivity contribution in [3.05, 3.63) is 65.7 Å². The molecule has 8 rings (SSSR count). The summed E-state index contributed by atoms with van der Waals surface area (Å²) in [6.07, 6.45) is 5.50. The number of imide groups is 1. The van der Waals surface area contributed by atoms with Gasteiger partial charge in [0.25, 0.3) is 0 Å². The lowest BCUT2D eigenvalue weighted by atomic mass is 9.63. The Kier molecular flexibility index (Phi) is 4.78. The third-order valence-corrected chi connectivity index (χ3v) is 9.06. The second-order valence-electron chi connectivity index (χ2n) is 11.3. The summed E-state index contributed by atoms with van der Waals surface area (Å²) in [4.78, 5) is 55.5. The molecule has 2 saturated heterocycles. The molecule has 2 aromatic rings. The molecule has 0 spiro atoms. The molecule has 0 aromatic heterocycles. The summed E-state index contributed by atoms with van der Waals surface area (Å²) in [7, 11) is 0. The first-order valence-electron chi connectivity index (χ1n) is 13.1. The Morgan fingerprint density at radius 3 is 2.30 bits per heavy atom. The minimum atomic E-state index is -0.594. The molecule has 0 N–H and O–H groups in total. The number of benzene rings is 2. The number of esters is 1. The molecule has 2 aliphatic heterocycles. The highest BCUT2D eigenvalue weighted by Gasteiger charge is 2.67. The van der Waals surface area contributed by atoms with Crippen molar-refractivity contribution < 1.29 is 23.9 Å². The fourth-order valence-corrected chi connectivity index (χ4v) is 7.30. The standard InChI is InChI=1S/C30H28N2O5/c1-15-6-9-24(16(2)10-15)31-14-17(11-25(31)33)30(36)37-19-5-3-4-18(12-19)32-28(34)26-20-7-8-21(23-13-22(20)23)27(26)29(32)35/h3-10,12,17,20-23,26-27H,11,13-14H2,1-2H3/t17-,20+,21+,22+,23+,26-,27-/m1/s1. The lowest BCUT2D eigenvalue weighted by Crippen LogP contribution is -2.40. The van der Waals surface area contributed by atoms with Gasteiger partial charge < -0.3 is 9.64 Å². The van der Waals surface area contributed by atoms with Crippen LogP contribution in [0.3, 0.4) is 0 Å². The summed E-state index contributed by atoms with van der Waals surface area (Å²) in [5, 5.41) is 0. The quantitative estimate of drug-likeness (QED) is 0.278. The first-order valence-corrected chi connectivity index (χ1v) is 13.1. The maximum absolute atomic E-state index is 13.4. The molecule has 0 radical (unpaired) electrons. The summed E-state index contributed by atoms with van der Waals surface area (Å²) in [5.41, 5.74) is 3.33. The van der Waals surface area contributed by atoms with Crippen LogP contribution in [0.5, 0.6) is 5.75 Å². The van der Waals surface area contributed by atoms with Gasteiger partial charge in [0.2, 0.25) is 17.7 Å². The molecular weight excluding hydrogens is 468 g/mol. The van der Waals surface area contributed by atoms with E-state index in [9.17, 15) is 19.2 Å². The van der Waals surface area contributed by atoms with E-state index in [0.29, 0.717) is 17.5 Å². The Balaban J connectivity index is 1.08. The predicted octanol–water partition coefficient (Wildman–Crippen LogP) is 3.82. The van der Waals surface area contributed by atoms with Crippen LogP contribution in [0, 0.1) is 55.3 Å². The fourth-order valence-electron chi connectivity index (χ4n) is 7.30. The first kappa shape index (κ1) is 22.5. The normalized spacial score (nSPS) is 33.1. The third-order valence-electron chi connectivity index (χ3n) is 9.06. The number of carbonyl (C=O) groups excluding carboxylic acids is 4. The number of ether oxygens (including phenoxy) is 1. The van der Waals surface area contributed by atoms with Crippen molar-refractivity contribution in [2.45, 2.75) is 26.7 Å². The second kappa shape index (κ2) is 7.88. The number of carbonyl (C=O) groups is 4. The van der Waals surface area contributed by atoms with Gasteiger partial charge in [0.15, 0.2) is 0 Å². The van der Waals surface area contributed by atoms with Gasteiger partial charge in [0.05, 0.1) is 23.4 Å². The average molecular weight is 497 g/mol. The fraction of sp³-hybridized carbons (Fsp3) is 0.400. The van der Waals surface area contributed by atoms with Crippen molar-refractivity contribution in [1.29, 1.82) is 0 Å². The van der Waals surface area contributed by atoms with Gasteiger partial charge in [-0.25, -0.2) is 4.90 Å². The van der Waals surface area contributed by atoms with E-state index in [2.05, 4.69) is 12.2 Å². The van der Waals surface area contributed by atoms with Crippen molar-refractivity contribution in [3.63, 3.8) is 0 Å². The maximum atomic E-state index is 13.4. The van der Waals surface area contributed by atoms with E-state index in [1.807, 2.05) is 32.0 Å². The number of hydrogen-bond donors (Lipinski definition) is 0. The zero-order valence-corrected chi connectivity index (χ0v) is 20.8. The second-order valence-corrected chi connectivity index (χ2v) is 11.3.